The maximum atomic E-state index is 9.53. The van der Waals surface area contributed by atoms with Crippen LogP contribution in [0.5, 0.6) is 5.75 Å². The van der Waals surface area contributed by atoms with Crippen LogP contribution in [0.1, 0.15) is 11.1 Å². The Labute approximate surface area is 74.7 Å². The molecule has 0 saturated carbocycles. The molecule has 3 nitrogen and oxygen atoms in total. The first-order valence-electron chi connectivity index (χ1n) is 3.78. The average molecular weight is 180 g/mol. The second kappa shape index (κ2) is 4.01. The van der Waals surface area contributed by atoms with E-state index in [1.54, 1.807) is 0 Å². The second-order valence-corrected chi connectivity index (χ2v) is 2.98. The lowest BCUT2D eigenvalue weighted by Gasteiger charge is -2.02. The molecule has 1 N–H and O–H groups in total. The number of aromatic hydroxyl groups is 1. The Morgan fingerprint density at radius 3 is 2.92 bits per heavy atom. The van der Waals surface area contributed by atoms with E-state index in [-0.39, 0.29) is 0 Å². The molecule has 0 atom stereocenters. The Bertz CT molecular complexity index is 299. The highest BCUT2D eigenvalue weighted by atomic mass is 28.2. The van der Waals surface area contributed by atoms with Crippen LogP contribution in [0.3, 0.4) is 0 Å². The van der Waals surface area contributed by atoms with Crippen molar-refractivity contribution in [1.82, 2.24) is 0 Å². The van der Waals surface area contributed by atoms with Crippen LogP contribution in [0.25, 0.3) is 0 Å². The first kappa shape index (κ1) is 8.93. The van der Waals surface area contributed by atoms with Crippen LogP contribution in [0.4, 0.5) is 0 Å². The number of para-hydroxylation sites is 1. The zero-order chi connectivity index (χ0) is 8.97. The highest BCUT2D eigenvalue weighted by molar-refractivity contribution is 6.04. The molecule has 0 spiro atoms. The minimum atomic E-state index is 0.339. The third-order valence-electron chi connectivity index (χ3n) is 1.70. The van der Waals surface area contributed by atoms with E-state index in [0.717, 1.165) is 21.5 Å². The maximum Gasteiger partial charge on any atom is 0.162 e. The Hall–Kier alpha value is -1.16. The van der Waals surface area contributed by atoms with E-state index in [0.29, 0.717) is 12.3 Å². The number of aryl methyl sites for hydroxylation is 1. The highest BCUT2D eigenvalue weighted by Crippen LogP contribution is 2.21. The van der Waals surface area contributed by atoms with E-state index < -0.39 is 0 Å². The first-order valence-corrected chi connectivity index (χ1v) is 4.68. The maximum absolute atomic E-state index is 9.53. The largest absolute Gasteiger partial charge is 0.507 e. The number of phenolic OH excluding ortho intramolecular Hbond substituents is 1. The Balaban J connectivity index is 2.92. The van der Waals surface area contributed by atoms with Crippen LogP contribution in [0.2, 0.25) is 0 Å². The SMILES string of the molecule is Cc1cccc(C/N=N/[SiH3])c1O. The Kier molecular flexibility index (Phi) is 2.99. The summed E-state index contributed by atoms with van der Waals surface area (Å²) in [6.45, 7) is 2.35. The van der Waals surface area contributed by atoms with E-state index in [9.17, 15) is 5.11 Å². The number of nitrogens with zero attached hydrogens (tertiary/aromatic N) is 2. The molecule has 0 aliphatic carbocycles. The number of hydrogen-bond donors (Lipinski definition) is 1. The summed E-state index contributed by atoms with van der Waals surface area (Å²) < 4.78 is 3.75. The fraction of sp³-hybridized carbons (Fsp3) is 0.250. The van der Waals surface area contributed by atoms with Crippen molar-refractivity contribution in [3.05, 3.63) is 29.3 Å². The van der Waals surface area contributed by atoms with E-state index >= 15 is 0 Å². The molecular weight excluding hydrogens is 168 g/mol. The van der Waals surface area contributed by atoms with Crippen LogP contribution in [-0.4, -0.2) is 15.5 Å². The van der Waals surface area contributed by atoms with E-state index in [1.165, 1.54) is 0 Å². The van der Waals surface area contributed by atoms with Gasteiger partial charge in [0.25, 0.3) is 0 Å². The summed E-state index contributed by atoms with van der Waals surface area (Å²) in [6, 6.07) is 5.64. The van der Waals surface area contributed by atoms with Crippen molar-refractivity contribution in [2.75, 3.05) is 0 Å². The lowest BCUT2D eigenvalue weighted by molar-refractivity contribution is 0.464. The van der Waals surface area contributed by atoms with Gasteiger partial charge in [0.15, 0.2) is 10.4 Å². The fourth-order valence-corrected chi connectivity index (χ4v) is 1.14. The number of benzene rings is 1. The summed E-state index contributed by atoms with van der Waals surface area (Å²) in [5.74, 6) is 0.339. The summed E-state index contributed by atoms with van der Waals surface area (Å²) in [5, 5.41) is 13.4. The molecular formula is C8H12N2OSi. The van der Waals surface area contributed by atoms with Gasteiger partial charge in [0, 0.05) is 5.56 Å². The van der Waals surface area contributed by atoms with Gasteiger partial charge in [-0.25, -0.2) is 5.11 Å². The average Bonchev–Trinajstić information content (AvgIpc) is 2.08. The number of phenols is 1. The van der Waals surface area contributed by atoms with Crippen LogP contribution in [-0.2, 0) is 6.54 Å². The van der Waals surface area contributed by atoms with Crippen LogP contribution < -0.4 is 0 Å². The zero-order valence-electron chi connectivity index (χ0n) is 7.28. The molecule has 64 valence electrons. The number of hydrogen-bond acceptors (Lipinski definition) is 3. The van der Waals surface area contributed by atoms with Gasteiger partial charge in [-0.15, -0.1) is 0 Å². The van der Waals surface area contributed by atoms with Gasteiger partial charge < -0.3 is 5.11 Å². The third-order valence-corrected chi connectivity index (χ3v) is 1.99. The molecule has 0 amide bonds. The van der Waals surface area contributed by atoms with Gasteiger partial charge in [-0.3, -0.25) is 4.78 Å². The minimum absolute atomic E-state index is 0.339. The lowest BCUT2D eigenvalue weighted by atomic mass is 10.1. The van der Waals surface area contributed by atoms with Crippen molar-refractivity contribution >= 4 is 10.4 Å². The van der Waals surface area contributed by atoms with Crippen molar-refractivity contribution in [3.8, 4) is 5.75 Å². The van der Waals surface area contributed by atoms with Gasteiger partial charge in [0.05, 0.1) is 6.54 Å². The van der Waals surface area contributed by atoms with Crippen molar-refractivity contribution in [2.45, 2.75) is 13.5 Å². The molecule has 1 rings (SSSR count). The minimum Gasteiger partial charge on any atom is -0.507 e. The first-order chi connectivity index (χ1) is 5.75. The molecule has 1 aromatic carbocycles. The summed E-state index contributed by atoms with van der Waals surface area (Å²) in [7, 11) is 0.723. The normalized spacial score (nSPS) is 11.1. The second-order valence-electron chi connectivity index (χ2n) is 2.58. The third kappa shape index (κ3) is 1.91. The Morgan fingerprint density at radius 1 is 1.50 bits per heavy atom. The van der Waals surface area contributed by atoms with Crippen LogP contribution in [0.15, 0.2) is 28.1 Å². The quantitative estimate of drug-likeness (QED) is 0.534. The van der Waals surface area contributed by atoms with Crippen LogP contribution >= 0.6 is 0 Å². The molecule has 0 unspecified atom stereocenters. The van der Waals surface area contributed by atoms with E-state index in [4.69, 9.17) is 0 Å². The molecule has 0 saturated heterocycles. The van der Waals surface area contributed by atoms with Crippen molar-refractivity contribution in [1.29, 1.82) is 0 Å². The van der Waals surface area contributed by atoms with Crippen LogP contribution in [0, 0.1) is 6.92 Å². The van der Waals surface area contributed by atoms with Gasteiger partial charge in [-0.2, -0.15) is 0 Å². The number of rotatable bonds is 2. The molecule has 0 bridgehead atoms. The predicted molar refractivity (Wildman–Crippen MR) is 51.3 cm³/mol. The van der Waals surface area contributed by atoms with E-state index in [1.807, 2.05) is 25.1 Å². The van der Waals surface area contributed by atoms with E-state index in [2.05, 4.69) is 9.89 Å². The monoisotopic (exact) mass is 180 g/mol. The van der Waals surface area contributed by atoms with Gasteiger partial charge in [-0.1, -0.05) is 18.2 Å². The van der Waals surface area contributed by atoms with Gasteiger partial charge in [-0.05, 0) is 12.5 Å². The van der Waals surface area contributed by atoms with Crippen molar-refractivity contribution in [3.63, 3.8) is 0 Å². The highest BCUT2D eigenvalue weighted by Gasteiger charge is 2.01. The smallest absolute Gasteiger partial charge is 0.162 e. The van der Waals surface area contributed by atoms with Crippen molar-refractivity contribution in [2.24, 2.45) is 9.89 Å². The molecule has 0 radical (unpaired) electrons. The predicted octanol–water partition coefficient (Wildman–Crippen LogP) is 0.933. The van der Waals surface area contributed by atoms with Gasteiger partial charge in [0.2, 0.25) is 0 Å². The molecule has 1 aromatic rings. The van der Waals surface area contributed by atoms with Gasteiger partial charge in [0.1, 0.15) is 5.75 Å². The zero-order valence-corrected chi connectivity index (χ0v) is 9.28. The lowest BCUT2D eigenvalue weighted by Crippen LogP contribution is -1.84. The Morgan fingerprint density at radius 2 is 2.25 bits per heavy atom. The topological polar surface area (TPSA) is 45.0 Å². The van der Waals surface area contributed by atoms with Gasteiger partial charge >= 0.3 is 0 Å². The molecule has 0 aromatic heterocycles. The summed E-state index contributed by atoms with van der Waals surface area (Å²) >= 11 is 0. The summed E-state index contributed by atoms with van der Waals surface area (Å²) in [4.78, 5) is 0. The molecule has 12 heavy (non-hydrogen) atoms. The summed E-state index contributed by atoms with van der Waals surface area (Å²) in [5.41, 5.74) is 1.73. The fourth-order valence-electron chi connectivity index (χ4n) is 0.994. The summed E-state index contributed by atoms with van der Waals surface area (Å²) in [6.07, 6.45) is 0. The molecule has 0 aliphatic heterocycles. The van der Waals surface area contributed by atoms with Crippen molar-refractivity contribution < 1.29 is 5.11 Å². The molecule has 0 heterocycles. The molecule has 0 aliphatic rings. The standard InChI is InChI=1S/C8H12N2OSi/c1-6-3-2-4-7(8(6)11)5-9-10-12/h2-4,11H,5H2,1,12H3/b10-9+. The molecule has 4 heteroatoms. The molecule has 0 fully saturated rings.